The van der Waals surface area contributed by atoms with Gasteiger partial charge in [-0.2, -0.15) is 0 Å². The van der Waals surface area contributed by atoms with Crippen LogP contribution in [0.2, 0.25) is 0 Å². The van der Waals surface area contributed by atoms with Gasteiger partial charge in [-0.25, -0.2) is 19.3 Å². The van der Waals surface area contributed by atoms with Gasteiger partial charge in [0.25, 0.3) is 5.91 Å². The number of aliphatic hydroxyl groups is 1. The second-order valence-electron chi connectivity index (χ2n) is 8.72. The van der Waals surface area contributed by atoms with Crippen LogP contribution in [0.15, 0.2) is 54.9 Å². The minimum Gasteiger partial charge on any atom is -0.393 e. The molecule has 0 bridgehead atoms. The van der Waals surface area contributed by atoms with E-state index in [0.717, 1.165) is 24.2 Å². The number of aliphatic hydroxyl groups excluding tert-OH is 1. The molecule has 3 heterocycles. The predicted molar refractivity (Wildman–Crippen MR) is 132 cm³/mol. The van der Waals surface area contributed by atoms with Crippen molar-refractivity contribution in [2.24, 2.45) is 0 Å². The highest BCUT2D eigenvalue weighted by atomic mass is 19.1. The molecular weight excluding hydrogens is 447 g/mol. The van der Waals surface area contributed by atoms with Gasteiger partial charge in [-0.15, -0.1) is 0 Å². The van der Waals surface area contributed by atoms with Crippen molar-refractivity contribution in [2.45, 2.75) is 31.8 Å². The molecule has 180 valence electrons. The van der Waals surface area contributed by atoms with Crippen molar-refractivity contribution in [1.82, 2.24) is 25.3 Å². The number of fused-ring (bicyclic) bond motifs is 1. The summed E-state index contributed by atoms with van der Waals surface area (Å²) in [5.41, 5.74) is 3.14. The van der Waals surface area contributed by atoms with Gasteiger partial charge in [0.1, 0.15) is 17.3 Å². The number of hydrogen-bond donors (Lipinski definition) is 3. The number of carbonyl (C=O) groups is 1. The zero-order valence-electron chi connectivity index (χ0n) is 19.2. The molecule has 2 aromatic heterocycles. The van der Waals surface area contributed by atoms with Gasteiger partial charge < -0.3 is 20.3 Å². The van der Waals surface area contributed by atoms with Gasteiger partial charge in [0, 0.05) is 49.6 Å². The first-order chi connectivity index (χ1) is 17.1. The number of anilines is 1. The molecule has 3 N–H and O–H groups in total. The van der Waals surface area contributed by atoms with E-state index in [1.54, 1.807) is 42.7 Å². The summed E-state index contributed by atoms with van der Waals surface area (Å²) in [5, 5.41) is 12.9. The second kappa shape index (κ2) is 10.2. The van der Waals surface area contributed by atoms with Gasteiger partial charge in [-0.3, -0.25) is 4.79 Å². The number of rotatable bonds is 7. The third-order valence-corrected chi connectivity index (χ3v) is 6.22. The molecule has 1 aliphatic rings. The third kappa shape index (κ3) is 5.30. The number of aromatic nitrogens is 4. The number of nitrogens with zero attached hydrogens (tertiary/aromatic N) is 4. The molecule has 1 aliphatic heterocycles. The summed E-state index contributed by atoms with van der Waals surface area (Å²) in [7, 11) is 0. The average molecular weight is 475 g/mol. The third-order valence-electron chi connectivity index (χ3n) is 6.22. The summed E-state index contributed by atoms with van der Waals surface area (Å²) in [5.74, 6) is 1.10. The number of halogens is 1. The number of aryl methyl sites for hydroxylation is 1. The number of H-pyrrole nitrogens is 1. The van der Waals surface area contributed by atoms with Crippen LogP contribution in [0.1, 0.15) is 35.4 Å². The summed E-state index contributed by atoms with van der Waals surface area (Å²) in [6, 6.07) is 11.5. The molecule has 1 fully saturated rings. The molecule has 8 nitrogen and oxygen atoms in total. The van der Waals surface area contributed by atoms with Crippen LogP contribution in [-0.2, 0) is 6.42 Å². The van der Waals surface area contributed by atoms with E-state index in [4.69, 9.17) is 9.97 Å². The second-order valence-corrected chi connectivity index (χ2v) is 8.72. The van der Waals surface area contributed by atoms with Gasteiger partial charge in [0.2, 0.25) is 0 Å². The average Bonchev–Trinajstić information content (AvgIpc) is 3.40. The van der Waals surface area contributed by atoms with Crippen molar-refractivity contribution in [3.05, 3.63) is 72.1 Å². The molecule has 9 heteroatoms. The van der Waals surface area contributed by atoms with Crippen LogP contribution in [0.5, 0.6) is 0 Å². The Morgan fingerprint density at radius 1 is 1.11 bits per heavy atom. The zero-order chi connectivity index (χ0) is 24.2. The fourth-order valence-electron chi connectivity index (χ4n) is 4.28. The van der Waals surface area contributed by atoms with Gasteiger partial charge in [-0.1, -0.05) is 0 Å². The van der Waals surface area contributed by atoms with Crippen molar-refractivity contribution >= 4 is 22.8 Å². The SMILES string of the molecule is O=C(NCCCc1ncc[nH]1)c1ccc2nc(N3CCC(O)CC3)c(-c3ccc(F)cc3)nc2c1. The van der Waals surface area contributed by atoms with E-state index in [1.165, 1.54) is 12.1 Å². The summed E-state index contributed by atoms with van der Waals surface area (Å²) in [6.07, 6.45) is 6.02. The van der Waals surface area contributed by atoms with Crippen molar-refractivity contribution < 1.29 is 14.3 Å². The molecule has 35 heavy (non-hydrogen) atoms. The van der Waals surface area contributed by atoms with E-state index >= 15 is 0 Å². The van der Waals surface area contributed by atoms with Crippen molar-refractivity contribution in [3.8, 4) is 11.3 Å². The van der Waals surface area contributed by atoms with Gasteiger partial charge in [0.05, 0.1) is 17.1 Å². The maximum Gasteiger partial charge on any atom is 0.251 e. The van der Waals surface area contributed by atoms with E-state index in [-0.39, 0.29) is 17.8 Å². The van der Waals surface area contributed by atoms with Gasteiger partial charge >= 0.3 is 0 Å². The molecule has 4 aromatic rings. The van der Waals surface area contributed by atoms with Crippen LogP contribution in [-0.4, -0.2) is 56.7 Å². The Labute approximate surface area is 202 Å². The minimum absolute atomic E-state index is 0.175. The van der Waals surface area contributed by atoms with E-state index in [9.17, 15) is 14.3 Å². The monoisotopic (exact) mass is 474 g/mol. The lowest BCUT2D eigenvalue weighted by atomic mass is 10.1. The van der Waals surface area contributed by atoms with E-state index in [2.05, 4.69) is 20.2 Å². The number of hydrogen-bond acceptors (Lipinski definition) is 6. The van der Waals surface area contributed by atoms with Crippen LogP contribution in [0.3, 0.4) is 0 Å². The summed E-state index contributed by atoms with van der Waals surface area (Å²) in [4.78, 5) is 31.8. The molecule has 0 radical (unpaired) electrons. The lowest BCUT2D eigenvalue weighted by Gasteiger charge is -2.31. The van der Waals surface area contributed by atoms with E-state index in [1.807, 2.05) is 0 Å². The molecule has 0 spiro atoms. The normalized spacial score (nSPS) is 14.4. The molecule has 1 amide bonds. The van der Waals surface area contributed by atoms with Crippen LogP contribution >= 0.6 is 0 Å². The molecule has 0 unspecified atom stereocenters. The van der Waals surface area contributed by atoms with Crippen LogP contribution < -0.4 is 10.2 Å². The number of aromatic amines is 1. The molecule has 0 saturated carbocycles. The highest BCUT2D eigenvalue weighted by molar-refractivity contribution is 5.97. The molecular formula is C26H27FN6O2. The molecule has 0 atom stereocenters. The van der Waals surface area contributed by atoms with E-state index < -0.39 is 0 Å². The van der Waals surface area contributed by atoms with Crippen molar-refractivity contribution in [2.75, 3.05) is 24.5 Å². The number of piperidine rings is 1. The Morgan fingerprint density at radius 2 is 1.91 bits per heavy atom. The summed E-state index contributed by atoms with van der Waals surface area (Å²) < 4.78 is 13.6. The Balaban J connectivity index is 1.40. The first-order valence-electron chi connectivity index (χ1n) is 11.8. The Hall–Kier alpha value is -3.85. The lowest BCUT2D eigenvalue weighted by Crippen LogP contribution is -2.36. The minimum atomic E-state index is -0.323. The first-order valence-corrected chi connectivity index (χ1v) is 11.8. The quantitative estimate of drug-likeness (QED) is 0.354. The smallest absolute Gasteiger partial charge is 0.251 e. The molecule has 0 aliphatic carbocycles. The summed E-state index contributed by atoms with van der Waals surface area (Å²) in [6.45, 7) is 1.85. The Kier molecular flexibility index (Phi) is 6.67. The molecule has 2 aromatic carbocycles. The molecule has 1 saturated heterocycles. The van der Waals surface area contributed by atoms with Gasteiger partial charge in [-0.05, 0) is 61.7 Å². The van der Waals surface area contributed by atoms with Crippen molar-refractivity contribution in [1.29, 1.82) is 0 Å². The van der Waals surface area contributed by atoms with Gasteiger partial charge in [0.15, 0.2) is 5.82 Å². The summed E-state index contributed by atoms with van der Waals surface area (Å²) >= 11 is 0. The highest BCUT2D eigenvalue weighted by Crippen LogP contribution is 2.32. The highest BCUT2D eigenvalue weighted by Gasteiger charge is 2.23. The van der Waals surface area contributed by atoms with Crippen LogP contribution in [0.25, 0.3) is 22.3 Å². The number of benzene rings is 2. The first kappa shape index (κ1) is 22.9. The number of carbonyl (C=O) groups excluding carboxylic acids is 1. The Bertz CT molecular complexity index is 1300. The number of nitrogens with one attached hydrogen (secondary N) is 2. The van der Waals surface area contributed by atoms with Crippen LogP contribution in [0.4, 0.5) is 10.2 Å². The van der Waals surface area contributed by atoms with Crippen LogP contribution in [0, 0.1) is 5.82 Å². The lowest BCUT2D eigenvalue weighted by molar-refractivity contribution is 0.0953. The Morgan fingerprint density at radius 3 is 2.66 bits per heavy atom. The van der Waals surface area contributed by atoms with Crippen molar-refractivity contribution in [3.63, 3.8) is 0 Å². The largest absolute Gasteiger partial charge is 0.393 e. The zero-order valence-corrected chi connectivity index (χ0v) is 19.2. The fraction of sp³-hybridized carbons (Fsp3) is 0.308. The standard InChI is InChI=1S/C26H27FN6O2/c27-19-6-3-17(4-7-19)24-25(33-14-9-20(34)10-15-33)32-21-8-5-18(16-22(21)31-24)26(35)30-11-1-2-23-28-12-13-29-23/h3-8,12-13,16,20,34H,1-2,9-11,14-15H2,(H,28,29)(H,30,35). The fourth-order valence-corrected chi connectivity index (χ4v) is 4.28. The number of imidazole rings is 1. The molecule has 5 rings (SSSR count). The predicted octanol–water partition coefficient (Wildman–Crippen LogP) is 3.48. The topological polar surface area (TPSA) is 107 Å². The maximum absolute atomic E-state index is 13.6. The van der Waals surface area contributed by atoms with E-state index in [0.29, 0.717) is 60.6 Å². The number of amides is 1. The maximum atomic E-state index is 13.6.